The maximum atomic E-state index is 13.0. The number of hydrogen-bond acceptors (Lipinski definition) is 5. The van der Waals surface area contributed by atoms with Crippen molar-refractivity contribution in [3.63, 3.8) is 0 Å². The summed E-state index contributed by atoms with van der Waals surface area (Å²) in [6.07, 6.45) is 0.802. The topological polar surface area (TPSA) is 75.7 Å². The minimum atomic E-state index is -3.71. The molecule has 1 atom stereocenters. The molecule has 0 aromatic heterocycles. The number of carbonyl (C=O) groups excluding carboxylic acids is 1. The van der Waals surface area contributed by atoms with Crippen LogP contribution in [0.15, 0.2) is 52.3 Å². The van der Waals surface area contributed by atoms with E-state index in [9.17, 15) is 13.2 Å². The van der Waals surface area contributed by atoms with E-state index in [0.717, 1.165) is 22.6 Å². The molecule has 0 aliphatic carbocycles. The van der Waals surface area contributed by atoms with Gasteiger partial charge in [0.05, 0.1) is 34.7 Å². The van der Waals surface area contributed by atoms with Gasteiger partial charge >= 0.3 is 0 Å². The molecule has 154 valence electrons. The maximum Gasteiger partial charge on any atom is 0.253 e. The van der Waals surface area contributed by atoms with Gasteiger partial charge in [0.15, 0.2) is 0 Å². The Balaban J connectivity index is 1.59. The van der Waals surface area contributed by atoms with Crippen molar-refractivity contribution in [2.75, 3.05) is 32.1 Å². The van der Waals surface area contributed by atoms with Crippen LogP contribution in [0.4, 0.5) is 0 Å². The maximum absolute atomic E-state index is 13.0. The smallest absolute Gasteiger partial charge is 0.253 e. The van der Waals surface area contributed by atoms with E-state index in [1.165, 1.54) is 22.5 Å². The third-order valence-electron chi connectivity index (χ3n) is 5.05. The first-order chi connectivity index (χ1) is 14.0. The van der Waals surface area contributed by atoms with Gasteiger partial charge in [-0.15, -0.1) is 11.8 Å². The number of carbonyl (C=O) groups is 1. The van der Waals surface area contributed by atoms with Crippen molar-refractivity contribution in [3.05, 3.63) is 58.6 Å². The van der Waals surface area contributed by atoms with Gasteiger partial charge in [-0.25, -0.2) is 8.42 Å². The normalized spacial score (nSPS) is 20.1. The van der Waals surface area contributed by atoms with E-state index in [2.05, 4.69) is 5.32 Å². The van der Waals surface area contributed by atoms with Gasteiger partial charge in [-0.2, -0.15) is 4.31 Å². The lowest BCUT2D eigenvalue weighted by Gasteiger charge is -2.27. The number of thioether (sulfide) groups is 1. The molecule has 9 heteroatoms. The third-order valence-corrected chi connectivity index (χ3v) is 8.40. The monoisotopic (exact) mass is 452 g/mol. The average molecular weight is 453 g/mol. The summed E-state index contributed by atoms with van der Waals surface area (Å²) in [5.41, 5.74) is 1.24. The summed E-state index contributed by atoms with van der Waals surface area (Å²) < 4.78 is 32.4. The molecule has 2 aromatic carbocycles. The molecule has 1 saturated heterocycles. The Morgan fingerprint density at radius 1 is 1.17 bits per heavy atom. The van der Waals surface area contributed by atoms with Crippen LogP contribution in [0, 0.1) is 0 Å². The zero-order valence-electron chi connectivity index (χ0n) is 15.6. The second-order valence-corrected chi connectivity index (χ2v) is 10.3. The zero-order valence-corrected chi connectivity index (χ0v) is 18.0. The highest BCUT2D eigenvalue weighted by Gasteiger charge is 2.28. The van der Waals surface area contributed by atoms with Crippen LogP contribution in [-0.4, -0.2) is 50.7 Å². The standard InChI is InChI=1S/C20H21ClN2O4S2/c21-17-6-5-14(29(25,26)23-8-10-27-11-9-23)13-16(17)20(24)22-18-7-12-28-19-4-2-1-3-15(18)19/h1-6,13,18H,7-12H2,(H,22,24)/t18-/m1/s1. The van der Waals surface area contributed by atoms with E-state index >= 15 is 0 Å². The van der Waals surface area contributed by atoms with E-state index in [1.807, 2.05) is 24.3 Å². The number of amides is 1. The van der Waals surface area contributed by atoms with Gasteiger partial charge in [-0.1, -0.05) is 29.8 Å². The van der Waals surface area contributed by atoms with Crippen LogP contribution in [0.5, 0.6) is 0 Å². The van der Waals surface area contributed by atoms with Crippen molar-refractivity contribution in [1.82, 2.24) is 9.62 Å². The number of fused-ring (bicyclic) bond motifs is 1. The quantitative estimate of drug-likeness (QED) is 0.770. The number of halogens is 1. The molecule has 1 N–H and O–H groups in total. The first-order valence-corrected chi connectivity index (χ1v) is 12.2. The number of benzene rings is 2. The lowest BCUT2D eigenvalue weighted by atomic mass is 10.0. The van der Waals surface area contributed by atoms with Crippen molar-refractivity contribution in [2.45, 2.75) is 22.3 Å². The fraction of sp³-hybridized carbons (Fsp3) is 0.350. The zero-order chi connectivity index (χ0) is 20.4. The van der Waals surface area contributed by atoms with Gasteiger partial charge in [0.1, 0.15) is 0 Å². The van der Waals surface area contributed by atoms with Gasteiger partial charge in [0, 0.05) is 23.7 Å². The highest BCUT2D eigenvalue weighted by molar-refractivity contribution is 7.99. The second kappa shape index (κ2) is 8.65. The lowest BCUT2D eigenvalue weighted by Crippen LogP contribution is -2.40. The van der Waals surface area contributed by atoms with Gasteiger partial charge < -0.3 is 10.1 Å². The molecule has 0 bridgehead atoms. The van der Waals surface area contributed by atoms with E-state index in [4.69, 9.17) is 16.3 Å². The molecule has 2 heterocycles. The van der Waals surface area contributed by atoms with Crippen LogP contribution in [0.1, 0.15) is 28.4 Å². The van der Waals surface area contributed by atoms with Crippen molar-refractivity contribution in [1.29, 1.82) is 0 Å². The Morgan fingerprint density at radius 2 is 1.93 bits per heavy atom. The molecule has 2 aliphatic rings. The summed E-state index contributed by atoms with van der Waals surface area (Å²) in [5.74, 6) is 0.530. The number of rotatable bonds is 4. The molecule has 6 nitrogen and oxygen atoms in total. The average Bonchev–Trinajstić information content (AvgIpc) is 2.75. The number of sulfonamides is 1. The summed E-state index contributed by atoms with van der Waals surface area (Å²) in [6.45, 7) is 1.31. The van der Waals surface area contributed by atoms with Crippen LogP contribution in [0.3, 0.4) is 0 Å². The minimum Gasteiger partial charge on any atom is -0.379 e. The molecular weight excluding hydrogens is 432 g/mol. The summed E-state index contributed by atoms with van der Waals surface area (Å²) in [7, 11) is -3.71. The number of hydrogen-bond donors (Lipinski definition) is 1. The Bertz CT molecular complexity index is 1020. The van der Waals surface area contributed by atoms with Crippen LogP contribution >= 0.6 is 23.4 Å². The highest BCUT2D eigenvalue weighted by atomic mass is 35.5. The molecule has 2 aromatic rings. The van der Waals surface area contributed by atoms with Crippen LogP contribution in [-0.2, 0) is 14.8 Å². The van der Waals surface area contributed by atoms with E-state index in [-0.39, 0.29) is 27.4 Å². The molecule has 0 unspecified atom stereocenters. The Hall–Kier alpha value is -1.58. The predicted octanol–water partition coefficient (Wildman–Crippen LogP) is 3.33. The predicted molar refractivity (Wildman–Crippen MR) is 113 cm³/mol. The van der Waals surface area contributed by atoms with E-state index in [0.29, 0.717) is 26.3 Å². The largest absolute Gasteiger partial charge is 0.379 e. The van der Waals surface area contributed by atoms with Crippen LogP contribution in [0.25, 0.3) is 0 Å². The Kier molecular flexibility index (Phi) is 6.17. The molecular formula is C20H21ClN2O4S2. The molecule has 1 amide bonds. The van der Waals surface area contributed by atoms with Gasteiger partial charge in [0.25, 0.3) is 5.91 Å². The Morgan fingerprint density at radius 3 is 2.72 bits per heavy atom. The molecule has 1 fully saturated rings. The molecule has 29 heavy (non-hydrogen) atoms. The van der Waals surface area contributed by atoms with Crippen molar-refractivity contribution in [3.8, 4) is 0 Å². The first kappa shape index (κ1) is 20.7. The molecule has 4 rings (SSSR count). The number of morpholine rings is 1. The second-order valence-electron chi connectivity index (χ2n) is 6.86. The summed E-state index contributed by atoms with van der Waals surface area (Å²) in [5, 5.41) is 3.25. The minimum absolute atomic E-state index is 0.0635. The number of nitrogens with zero attached hydrogens (tertiary/aromatic N) is 1. The lowest BCUT2D eigenvalue weighted by molar-refractivity contribution is 0.0730. The van der Waals surface area contributed by atoms with Gasteiger partial charge in [-0.05, 0) is 36.2 Å². The van der Waals surface area contributed by atoms with Crippen molar-refractivity contribution >= 4 is 39.3 Å². The Labute approximate surface area is 179 Å². The van der Waals surface area contributed by atoms with Gasteiger partial charge in [-0.3, -0.25) is 4.79 Å². The fourth-order valence-corrected chi connectivity index (χ4v) is 6.27. The van der Waals surface area contributed by atoms with Crippen molar-refractivity contribution < 1.29 is 17.9 Å². The van der Waals surface area contributed by atoms with Crippen LogP contribution in [0.2, 0.25) is 5.02 Å². The number of ether oxygens (including phenoxy) is 1. The van der Waals surface area contributed by atoms with Gasteiger partial charge in [0.2, 0.25) is 10.0 Å². The summed E-state index contributed by atoms with van der Waals surface area (Å²) >= 11 is 8.02. The molecule has 2 aliphatic heterocycles. The molecule has 0 radical (unpaired) electrons. The van der Waals surface area contributed by atoms with Crippen molar-refractivity contribution in [2.24, 2.45) is 0 Å². The third kappa shape index (κ3) is 4.32. The summed E-state index contributed by atoms with van der Waals surface area (Å²) in [6, 6.07) is 12.1. The molecule has 0 spiro atoms. The molecule has 0 saturated carbocycles. The van der Waals surface area contributed by atoms with Crippen LogP contribution < -0.4 is 5.32 Å². The van der Waals surface area contributed by atoms with E-state index in [1.54, 1.807) is 11.8 Å². The fourth-order valence-electron chi connectivity index (χ4n) is 3.50. The number of nitrogens with one attached hydrogen (secondary N) is 1. The first-order valence-electron chi connectivity index (χ1n) is 9.37. The highest BCUT2D eigenvalue weighted by Crippen LogP contribution is 2.36. The SMILES string of the molecule is O=C(N[C@@H]1CCSc2ccccc21)c1cc(S(=O)(=O)N2CCOCC2)ccc1Cl. The summed E-state index contributed by atoms with van der Waals surface area (Å²) in [4.78, 5) is 14.2. The van der Waals surface area contributed by atoms with E-state index < -0.39 is 10.0 Å².